The summed E-state index contributed by atoms with van der Waals surface area (Å²) < 4.78 is 5.81. The Bertz CT molecular complexity index is 394. The van der Waals surface area contributed by atoms with Gasteiger partial charge in [0.1, 0.15) is 5.75 Å². The van der Waals surface area contributed by atoms with E-state index < -0.39 is 0 Å². The number of alkyl halides is 1. The summed E-state index contributed by atoms with van der Waals surface area (Å²) in [6, 6.07) is 6.55. The van der Waals surface area contributed by atoms with Gasteiger partial charge in [0.05, 0.1) is 6.61 Å². The molecule has 0 heterocycles. The van der Waals surface area contributed by atoms with Crippen LogP contribution >= 0.6 is 15.9 Å². The van der Waals surface area contributed by atoms with Gasteiger partial charge in [0.25, 0.3) is 0 Å². The van der Waals surface area contributed by atoms with Gasteiger partial charge >= 0.3 is 0 Å². The number of ether oxygens (including phenoxy) is 1. The van der Waals surface area contributed by atoms with E-state index in [0.717, 1.165) is 18.3 Å². The first-order valence-corrected chi connectivity index (χ1v) is 8.51. The molecule has 0 spiro atoms. The molecule has 0 aromatic heterocycles. The minimum absolute atomic E-state index is 0.437. The average Bonchev–Trinajstić information content (AvgIpc) is 2.69. The number of benzene rings is 1. The lowest BCUT2D eigenvalue weighted by molar-refractivity contribution is 0.332. The third-order valence-electron chi connectivity index (χ3n) is 4.08. The molecule has 0 amide bonds. The largest absolute Gasteiger partial charge is 0.494 e. The van der Waals surface area contributed by atoms with Gasteiger partial charge in [-0.3, -0.25) is 0 Å². The molecule has 106 valence electrons. The fourth-order valence-electron chi connectivity index (χ4n) is 3.03. The molecule has 0 N–H and O–H groups in total. The summed E-state index contributed by atoms with van der Waals surface area (Å²) in [6.45, 7) is 4.95. The maximum Gasteiger partial charge on any atom is 0.123 e. The van der Waals surface area contributed by atoms with Crippen molar-refractivity contribution in [3.8, 4) is 5.75 Å². The van der Waals surface area contributed by atoms with Crippen molar-refractivity contribution in [2.45, 2.75) is 57.2 Å². The Morgan fingerprint density at radius 1 is 1.21 bits per heavy atom. The van der Waals surface area contributed by atoms with Gasteiger partial charge < -0.3 is 4.74 Å². The molecule has 2 heteroatoms. The molecular formula is C17H25BrO. The summed E-state index contributed by atoms with van der Waals surface area (Å²) in [7, 11) is 0. The van der Waals surface area contributed by atoms with E-state index in [9.17, 15) is 0 Å². The van der Waals surface area contributed by atoms with E-state index in [-0.39, 0.29) is 0 Å². The lowest BCUT2D eigenvalue weighted by Crippen LogP contribution is -2.09. The first kappa shape index (κ1) is 14.9. The number of halogens is 1. The van der Waals surface area contributed by atoms with Crippen LogP contribution in [0.15, 0.2) is 18.2 Å². The highest BCUT2D eigenvalue weighted by molar-refractivity contribution is 9.09. The summed E-state index contributed by atoms with van der Waals surface area (Å²) >= 11 is 3.96. The highest BCUT2D eigenvalue weighted by Crippen LogP contribution is 2.42. The van der Waals surface area contributed by atoms with E-state index in [0.29, 0.717) is 4.83 Å². The highest BCUT2D eigenvalue weighted by atomic mass is 79.9. The molecule has 1 atom stereocenters. The van der Waals surface area contributed by atoms with Gasteiger partial charge in [-0.05, 0) is 38.7 Å². The minimum atomic E-state index is 0.437. The van der Waals surface area contributed by atoms with Crippen molar-refractivity contribution in [1.82, 2.24) is 0 Å². The second-order valence-electron chi connectivity index (χ2n) is 5.63. The van der Waals surface area contributed by atoms with Crippen LogP contribution in [0.3, 0.4) is 0 Å². The topological polar surface area (TPSA) is 9.23 Å². The van der Waals surface area contributed by atoms with Gasteiger partial charge in [0.2, 0.25) is 0 Å². The van der Waals surface area contributed by atoms with Gasteiger partial charge in [-0.2, -0.15) is 0 Å². The molecule has 1 unspecified atom stereocenters. The first-order valence-electron chi connectivity index (χ1n) is 7.59. The SMILES string of the molecule is CCOc1ccc(C)cc1C(Br)C1CCCCCC1. The first-order chi connectivity index (χ1) is 9.22. The maximum absolute atomic E-state index is 5.81. The van der Waals surface area contributed by atoms with Crippen LogP contribution in [-0.2, 0) is 0 Å². The molecule has 1 nitrogen and oxygen atoms in total. The summed E-state index contributed by atoms with van der Waals surface area (Å²) in [6.07, 6.45) is 8.25. The quantitative estimate of drug-likeness (QED) is 0.502. The number of rotatable bonds is 4. The number of hydrogen-bond donors (Lipinski definition) is 0. The molecule has 2 rings (SSSR count). The third kappa shape index (κ3) is 3.98. The maximum atomic E-state index is 5.81. The van der Waals surface area contributed by atoms with Gasteiger partial charge in [-0.1, -0.05) is 59.3 Å². The van der Waals surface area contributed by atoms with E-state index >= 15 is 0 Å². The van der Waals surface area contributed by atoms with Crippen LogP contribution in [0.5, 0.6) is 5.75 Å². The van der Waals surface area contributed by atoms with Crippen molar-refractivity contribution < 1.29 is 4.74 Å². The molecule has 0 saturated heterocycles. The zero-order valence-electron chi connectivity index (χ0n) is 12.1. The van der Waals surface area contributed by atoms with Crippen molar-refractivity contribution in [2.75, 3.05) is 6.61 Å². The standard InChI is InChI=1S/C17H25BrO/c1-3-19-16-11-10-13(2)12-15(16)17(18)14-8-6-4-5-7-9-14/h10-12,14,17H,3-9H2,1-2H3. The molecule has 19 heavy (non-hydrogen) atoms. The lowest BCUT2D eigenvalue weighted by Gasteiger charge is -2.23. The third-order valence-corrected chi connectivity index (χ3v) is 5.32. The van der Waals surface area contributed by atoms with Crippen molar-refractivity contribution >= 4 is 15.9 Å². The normalized spacial score (nSPS) is 18.9. The smallest absolute Gasteiger partial charge is 0.123 e. The van der Waals surface area contributed by atoms with Crippen molar-refractivity contribution in [2.24, 2.45) is 5.92 Å². The zero-order chi connectivity index (χ0) is 13.7. The van der Waals surface area contributed by atoms with Crippen LogP contribution < -0.4 is 4.74 Å². The Hall–Kier alpha value is -0.500. The Labute approximate surface area is 125 Å². The van der Waals surface area contributed by atoms with Crippen LogP contribution in [0.2, 0.25) is 0 Å². The lowest BCUT2D eigenvalue weighted by atomic mass is 9.91. The summed E-state index contributed by atoms with van der Waals surface area (Å²) in [5, 5.41) is 0. The second-order valence-corrected chi connectivity index (χ2v) is 6.61. The van der Waals surface area contributed by atoms with E-state index in [1.54, 1.807) is 0 Å². The van der Waals surface area contributed by atoms with Crippen molar-refractivity contribution in [3.05, 3.63) is 29.3 Å². The van der Waals surface area contributed by atoms with E-state index in [4.69, 9.17) is 4.74 Å². The van der Waals surface area contributed by atoms with Gasteiger partial charge in [-0.25, -0.2) is 0 Å². The molecule has 1 aliphatic rings. The molecule has 1 fully saturated rings. The highest BCUT2D eigenvalue weighted by Gasteiger charge is 2.24. The number of aryl methyl sites for hydroxylation is 1. The molecule has 0 radical (unpaired) electrons. The van der Waals surface area contributed by atoms with Crippen LogP contribution in [0, 0.1) is 12.8 Å². The predicted molar refractivity (Wildman–Crippen MR) is 85.2 cm³/mol. The predicted octanol–water partition coefficient (Wildman–Crippen LogP) is 5.80. The van der Waals surface area contributed by atoms with Crippen LogP contribution in [0.25, 0.3) is 0 Å². The fourth-order valence-corrected chi connectivity index (χ4v) is 3.91. The van der Waals surface area contributed by atoms with Crippen LogP contribution in [0.4, 0.5) is 0 Å². The molecule has 1 saturated carbocycles. The summed E-state index contributed by atoms with van der Waals surface area (Å²) in [5.74, 6) is 1.81. The average molecular weight is 325 g/mol. The molecule has 1 aromatic rings. The van der Waals surface area contributed by atoms with Gasteiger partial charge in [0.15, 0.2) is 0 Å². The van der Waals surface area contributed by atoms with E-state index in [1.807, 2.05) is 0 Å². The zero-order valence-corrected chi connectivity index (χ0v) is 13.7. The summed E-state index contributed by atoms with van der Waals surface area (Å²) in [5.41, 5.74) is 2.66. The monoisotopic (exact) mass is 324 g/mol. The fraction of sp³-hybridized carbons (Fsp3) is 0.647. The Kier molecular flexibility index (Phi) is 5.75. The van der Waals surface area contributed by atoms with Crippen molar-refractivity contribution in [3.63, 3.8) is 0 Å². The van der Waals surface area contributed by atoms with E-state index in [2.05, 4.69) is 48.0 Å². The van der Waals surface area contributed by atoms with Crippen molar-refractivity contribution in [1.29, 1.82) is 0 Å². The molecule has 1 aromatic carbocycles. The summed E-state index contributed by atoms with van der Waals surface area (Å²) in [4.78, 5) is 0.437. The Morgan fingerprint density at radius 2 is 1.89 bits per heavy atom. The molecule has 0 aliphatic heterocycles. The van der Waals surface area contributed by atoms with Gasteiger partial charge in [0, 0.05) is 10.4 Å². The Balaban J connectivity index is 2.20. The molecule has 1 aliphatic carbocycles. The number of hydrogen-bond acceptors (Lipinski definition) is 1. The van der Waals surface area contributed by atoms with E-state index in [1.165, 1.54) is 49.7 Å². The minimum Gasteiger partial charge on any atom is -0.494 e. The van der Waals surface area contributed by atoms with Crippen LogP contribution in [0.1, 0.15) is 61.4 Å². The Morgan fingerprint density at radius 3 is 2.53 bits per heavy atom. The molecular weight excluding hydrogens is 300 g/mol. The molecule has 0 bridgehead atoms. The second kappa shape index (κ2) is 7.33. The van der Waals surface area contributed by atoms with Crippen LogP contribution in [-0.4, -0.2) is 6.61 Å². The van der Waals surface area contributed by atoms with Gasteiger partial charge in [-0.15, -0.1) is 0 Å².